The molecule has 0 radical (unpaired) electrons. The molecule has 3 N–H and O–H groups in total. The van der Waals surface area contributed by atoms with E-state index in [1.165, 1.54) is 6.08 Å². The van der Waals surface area contributed by atoms with E-state index < -0.39 is 11.5 Å². The predicted octanol–water partition coefficient (Wildman–Crippen LogP) is 0.755. The summed E-state index contributed by atoms with van der Waals surface area (Å²) in [6.45, 7) is 5.25. The Morgan fingerprint density at radius 3 is 2.50 bits per heavy atom. The molecule has 1 atom stereocenters. The normalized spacial score (nSPS) is 15.8. The van der Waals surface area contributed by atoms with Crippen LogP contribution in [0.3, 0.4) is 0 Å². The zero-order chi connectivity index (χ0) is 8.20. The van der Waals surface area contributed by atoms with Crippen LogP contribution in [0.5, 0.6) is 0 Å². The van der Waals surface area contributed by atoms with Crippen LogP contribution in [-0.2, 0) is 4.79 Å². The maximum absolute atomic E-state index is 10.4. The second-order valence-corrected chi connectivity index (χ2v) is 2.30. The molecule has 0 heterocycles. The van der Waals surface area contributed by atoms with Gasteiger partial charge < -0.3 is 10.8 Å². The predicted molar refractivity (Wildman–Crippen MR) is 39.7 cm³/mol. The summed E-state index contributed by atoms with van der Waals surface area (Å²) in [5, 5.41) is 8.57. The minimum Gasteiger partial charge on any atom is -0.480 e. The van der Waals surface area contributed by atoms with E-state index in [1.54, 1.807) is 0 Å². The van der Waals surface area contributed by atoms with Gasteiger partial charge in [0.2, 0.25) is 0 Å². The third-order valence-corrected chi connectivity index (χ3v) is 1.43. The summed E-state index contributed by atoms with van der Waals surface area (Å²) in [6.07, 6.45) is 2.46. The first-order valence-corrected chi connectivity index (χ1v) is 3.22. The molecule has 0 saturated heterocycles. The van der Waals surface area contributed by atoms with E-state index in [4.69, 9.17) is 10.8 Å². The van der Waals surface area contributed by atoms with Crippen molar-refractivity contribution in [1.82, 2.24) is 0 Å². The Bertz CT molecular complexity index is 145. The standard InChI is InChI=1S/C7H13NO2/c1-3-5-7(8,4-2)6(9)10/h4H,2-3,5,8H2,1H3,(H,9,10). The third-order valence-electron chi connectivity index (χ3n) is 1.43. The van der Waals surface area contributed by atoms with Crippen LogP contribution in [-0.4, -0.2) is 16.6 Å². The summed E-state index contributed by atoms with van der Waals surface area (Å²) < 4.78 is 0. The second kappa shape index (κ2) is 3.37. The van der Waals surface area contributed by atoms with Crippen LogP contribution in [0.4, 0.5) is 0 Å². The summed E-state index contributed by atoms with van der Waals surface area (Å²) in [6, 6.07) is 0. The molecule has 0 aromatic heterocycles. The number of hydrogen-bond donors (Lipinski definition) is 2. The Labute approximate surface area is 60.5 Å². The average molecular weight is 143 g/mol. The molecule has 0 aliphatic heterocycles. The molecule has 0 aliphatic carbocycles. The second-order valence-electron chi connectivity index (χ2n) is 2.30. The number of hydrogen-bond acceptors (Lipinski definition) is 2. The van der Waals surface area contributed by atoms with Gasteiger partial charge >= 0.3 is 5.97 Å². The van der Waals surface area contributed by atoms with E-state index in [9.17, 15) is 4.79 Å². The summed E-state index contributed by atoms with van der Waals surface area (Å²) in [7, 11) is 0. The number of carbonyl (C=O) groups is 1. The van der Waals surface area contributed by atoms with Crippen molar-refractivity contribution in [3.05, 3.63) is 12.7 Å². The molecule has 0 aromatic rings. The van der Waals surface area contributed by atoms with Crippen LogP contribution >= 0.6 is 0 Å². The lowest BCUT2D eigenvalue weighted by molar-refractivity contribution is -0.141. The molecule has 0 amide bonds. The number of nitrogens with two attached hydrogens (primary N) is 1. The largest absolute Gasteiger partial charge is 0.480 e. The average Bonchev–Trinajstić information content (AvgIpc) is 1.88. The van der Waals surface area contributed by atoms with Gasteiger partial charge in [-0.2, -0.15) is 0 Å². The SMILES string of the molecule is C=CC(N)(CCC)C(=O)O. The molecule has 0 aliphatic rings. The van der Waals surface area contributed by atoms with E-state index in [0.717, 1.165) is 6.42 Å². The van der Waals surface area contributed by atoms with Crippen LogP contribution in [0, 0.1) is 0 Å². The Morgan fingerprint density at radius 1 is 1.90 bits per heavy atom. The summed E-state index contributed by atoms with van der Waals surface area (Å²) in [5.74, 6) is -1.01. The van der Waals surface area contributed by atoms with Crippen molar-refractivity contribution >= 4 is 5.97 Å². The van der Waals surface area contributed by atoms with Crippen LogP contribution in [0.15, 0.2) is 12.7 Å². The molecule has 0 rings (SSSR count). The van der Waals surface area contributed by atoms with Gasteiger partial charge in [-0.15, -0.1) is 6.58 Å². The molecule has 3 nitrogen and oxygen atoms in total. The molecular weight excluding hydrogens is 130 g/mol. The van der Waals surface area contributed by atoms with Gasteiger partial charge in [-0.25, -0.2) is 4.79 Å². The smallest absolute Gasteiger partial charge is 0.327 e. The third kappa shape index (κ3) is 1.84. The van der Waals surface area contributed by atoms with Gasteiger partial charge in [0, 0.05) is 0 Å². The van der Waals surface area contributed by atoms with E-state index in [-0.39, 0.29) is 0 Å². The van der Waals surface area contributed by atoms with Gasteiger partial charge in [0.15, 0.2) is 0 Å². The van der Waals surface area contributed by atoms with E-state index in [0.29, 0.717) is 6.42 Å². The highest BCUT2D eigenvalue weighted by Crippen LogP contribution is 2.10. The van der Waals surface area contributed by atoms with Crippen LogP contribution < -0.4 is 5.73 Å². The molecule has 0 saturated carbocycles. The summed E-state index contributed by atoms with van der Waals surface area (Å²) in [5.41, 5.74) is 4.21. The lowest BCUT2D eigenvalue weighted by atomic mass is 9.96. The molecule has 0 bridgehead atoms. The number of aliphatic carboxylic acids is 1. The van der Waals surface area contributed by atoms with Crippen molar-refractivity contribution in [3.63, 3.8) is 0 Å². The summed E-state index contributed by atoms with van der Waals surface area (Å²) in [4.78, 5) is 10.4. The monoisotopic (exact) mass is 143 g/mol. The fourth-order valence-corrected chi connectivity index (χ4v) is 0.710. The number of carboxylic acids is 1. The fraction of sp³-hybridized carbons (Fsp3) is 0.571. The minimum atomic E-state index is -1.23. The van der Waals surface area contributed by atoms with Crippen LogP contribution in [0.1, 0.15) is 19.8 Å². The first kappa shape index (κ1) is 9.17. The molecule has 1 unspecified atom stereocenters. The van der Waals surface area contributed by atoms with Crippen LogP contribution in [0.2, 0.25) is 0 Å². The lowest BCUT2D eigenvalue weighted by Gasteiger charge is -2.18. The molecule has 0 aromatic carbocycles. The van der Waals surface area contributed by atoms with Crippen molar-refractivity contribution < 1.29 is 9.90 Å². The maximum atomic E-state index is 10.4. The molecule has 0 spiro atoms. The van der Waals surface area contributed by atoms with E-state index in [2.05, 4.69) is 6.58 Å². The Morgan fingerprint density at radius 2 is 2.40 bits per heavy atom. The van der Waals surface area contributed by atoms with E-state index >= 15 is 0 Å². The molecular formula is C7H13NO2. The van der Waals surface area contributed by atoms with Crippen molar-refractivity contribution in [2.75, 3.05) is 0 Å². The maximum Gasteiger partial charge on any atom is 0.327 e. The first-order valence-electron chi connectivity index (χ1n) is 3.22. The molecule has 58 valence electrons. The van der Waals surface area contributed by atoms with Gasteiger partial charge in [0.1, 0.15) is 5.54 Å². The zero-order valence-electron chi connectivity index (χ0n) is 6.13. The highest BCUT2D eigenvalue weighted by molar-refractivity contribution is 5.80. The van der Waals surface area contributed by atoms with Gasteiger partial charge in [0.25, 0.3) is 0 Å². The van der Waals surface area contributed by atoms with Crippen LogP contribution in [0.25, 0.3) is 0 Å². The Hall–Kier alpha value is -0.830. The van der Waals surface area contributed by atoms with Crippen molar-refractivity contribution in [3.8, 4) is 0 Å². The Kier molecular flexibility index (Phi) is 3.09. The molecule has 10 heavy (non-hydrogen) atoms. The highest BCUT2D eigenvalue weighted by atomic mass is 16.4. The van der Waals surface area contributed by atoms with Gasteiger partial charge in [0.05, 0.1) is 0 Å². The van der Waals surface area contributed by atoms with Gasteiger partial charge in [-0.05, 0) is 6.42 Å². The highest BCUT2D eigenvalue weighted by Gasteiger charge is 2.28. The quantitative estimate of drug-likeness (QED) is 0.571. The van der Waals surface area contributed by atoms with Crippen molar-refractivity contribution in [1.29, 1.82) is 0 Å². The number of rotatable bonds is 4. The minimum absolute atomic E-state index is 0.436. The Balaban J connectivity index is 4.22. The summed E-state index contributed by atoms with van der Waals surface area (Å²) >= 11 is 0. The fourth-order valence-electron chi connectivity index (χ4n) is 0.710. The van der Waals surface area contributed by atoms with Gasteiger partial charge in [-0.3, -0.25) is 0 Å². The zero-order valence-corrected chi connectivity index (χ0v) is 6.13. The van der Waals surface area contributed by atoms with Gasteiger partial charge in [-0.1, -0.05) is 19.4 Å². The van der Waals surface area contributed by atoms with Crippen molar-refractivity contribution in [2.24, 2.45) is 5.73 Å². The number of carboxylic acid groups (broad SMARTS) is 1. The first-order chi connectivity index (χ1) is 4.56. The molecule has 3 heteroatoms. The van der Waals surface area contributed by atoms with Crippen molar-refractivity contribution in [2.45, 2.75) is 25.3 Å². The van der Waals surface area contributed by atoms with E-state index in [1.807, 2.05) is 6.92 Å². The lowest BCUT2D eigenvalue weighted by Crippen LogP contribution is -2.45. The molecule has 0 fully saturated rings. The topological polar surface area (TPSA) is 63.3 Å².